The van der Waals surface area contributed by atoms with E-state index in [1.807, 2.05) is 11.8 Å². The number of fused-ring (bicyclic) bond motifs is 1. The van der Waals surface area contributed by atoms with Gasteiger partial charge in [0.1, 0.15) is 5.03 Å². The zero-order chi connectivity index (χ0) is 17.1. The minimum Gasteiger partial charge on any atom is -0.368 e. The third-order valence-electron chi connectivity index (χ3n) is 4.94. The summed E-state index contributed by atoms with van der Waals surface area (Å²) in [5, 5.41) is 1.20. The highest BCUT2D eigenvalue weighted by molar-refractivity contribution is 7.99. The molecule has 0 bridgehead atoms. The molecule has 2 aromatic rings. The second-order valence-corrected chi connectivity index (χ2v) is 7.64. The van der Waals surface area contributed by atoms with Crippen molar-refractivity contribution < 1.29 is 0 Å². The summed E-state index contributed by atoms with van der Waals surface area (Å²) in [4.78, 5) is 14.6. The average molecular weight is 356 g/mol. The molecule has 0 amide bonds. The van der Waals surface area contributed by atoms with Gasteiger partial charge in [-0.3, -0.25) is 0 Å². The number of benzene rings is 1. The van der Waals surface area contributed by atoms with Crippen molar-refractivity contribution in [3.63, 3.8) is 0 Å². The highest BCUT2D eigenvalue weighted by Gasteiger charge is 2.24. The number of para-hydroxylation sites is 1. The van der Waals surface area contributed by atoms with Crippen molar-refractivity contribution in [1.82, 2.24) is 9.97 Å². The molecule has 0 aliphatic carbocycles. The number of anilines is 2. The quantitative estimate of drug-likeness (QED) is 0.831. The van der Waals surface area contributed by atoms with Gasteiger partial charge in [-0.05, 0) is 37.9 Å². The molecule has 2 N–H and O–H groups in total. The van der Waals surface area contributed by atoms with Crippen molar-refractivity contribution in [3.8, 4) is 0 Å². The van der Waals surface area contributed by atoms with E-state index in [0.717, 1.165) is 63.7 Å². The number of piperazine rings is 1. The third kappa shape index (κ3) is 3.60. The first-order chi connectivity index (χ1) is 12.3. The Hall–Kier alpha value is -1.79. The third-order valence-corrected chi connectivity index (χ3v) is 5.95. The van der Waals surface area contributed by atoms with E-state index >= 15 is 0 Å². The van der Waals surface area contributed by atoms with E-state index in [1.165, 1.54) is 22.0 Å². The van der Waals surface area contributed by atoms with E-state index in [2.05, 4.69) is 40.1 Å². The monoisotopic (exact) mass is 355 g/mol. The maximum absolute atomic E-state index is 5.71. The highest BCUT2D eigenvalue weighted by atomic mass is 32.2. The Labute approximate surface area is 153 Å². The lowest BCUT2D eigenvalue weighted by atomic mass is 10.1. The van der Waals surface area contributed by atoms with Crippen LogP contribution < -0.4 is 15.5 Å². The topological polar surface area (TPSA) is 58.3 Å². The van der Waals surface area contributed by atoms with Crippen LogP contribution in [-0.4, -0.2) is 48.4 Å². The standard InChI is InChI=1S/C19H25N5S/c20-9-4-7-17-16-8-14-25-18(16)22-19(21-17)24-12-10-23(11-13-24)15-5-2-1-3-6-15/h1-3,5-6H,4,7-14,20H2. The van der Waals surface area contributed by atoms with Crippen LogP contribution in [0.5, 0.6) is 0 Å². The van der Waals surface area contributed by atoms with Crippen LogP contribution in [-0.2, 0) is 12.8 Å². The molecule has 0 atom stereocenters. The summed E-state index contributed by atoms with van der Waals surface area (Å²) in [6, 6.07) is 10.6. The van der Waals surface area contributed by atoms with Gasteiger partial charge in [-0.2, -0.15) is 0 Å². The fraction of sp³-hybridized carbons (Fsp3) is 0.474. The Kier molecular flexibility index (Phi) is 5.08. The van der Waals surface area contributed by atoms with Gasteiger partial charge < -0.3 is 15.5 Å². The zero-order valence-electron chi connectivity index (χ0n) is 14.5. The molecule has 3 heterocycles. The summed E-state index contributed by atoms with van der Waals surface area (Å²) in [7, 11) is 0. The Morgan fingerprint density at radius 1 is 1.00 bits per heavy atom. The normalized spacial score (nSPS) is 17.0. The first-order valence-corrected chi connectivity index (χ1v) is 10.1. The fourth-order valence-corrected chi connectivity index (χ4v) is 4.58. The van der Waals surface area contributed by atoms with Crippen LogP contribution in [0, 0.1) is 0 Å². The minimum atomic E-state index is 0.719. The molecule has 6 heteroatoms. The van der Waals surface area contributed by atoms with Gasteiger partial charge in [0.15, 0.2) is 0 Å². The van der Waals surface area contributed by atoms with Crippen molar-refractivity contribution in [3.05, 3.63) is 41.6 Å². The van der Waals surface area contributed by atoms with Crippen LogP contribution in [0.2, 0.25) is 0 Å². The van der Waals surface area contributed by atoms with Gasteiger partial charge in [-0.1, -0.05) is 18.2 Å². The summed E-state index contributed by atoms with van der Waals surface area (Å²) < 4.78 is 0. The minimum absolute atomic E-state index is 0.719. The number of rotatable bonds is 5. The van der Waals surface area contributed by atoms with Gasteiger partial charge in [0.2, 0.25) is 5.95 Å². The molecule has 0 saturated carbocycles. The molecule has 2 aliphatic heterocycles. The van der Waals surface area contributed by atoms with E-state index in [-0.39, 0.29) is 0 Å². The second-order valence-electron chi connectivity index (χ2n) is 6.55. The number of aromatic nitrogens is 2. The van der Waals surface area contributed by atoms with Crippen LogP contribution in [0.3, 0.4) is 0 Å². The predicted molar refractivity (Wildman–Crippen MR) is 105 cm³/mol. The Morgan fingerprint density at radius 3 is 2.52 bits per heavy atom. The summed E-state index contributed by atoms with van der Waals surface area (Å²) in [6.07, 6.45) is 3.07. The summed E-state index contributed by atoms with van der Waals surface area (Å²) in [5.74, 6) is 2.04. The Morgan fingerprint density at radius 2 is 1.76 bits per heavy atom. The van der Waals surface area contributed by atoms with Gasteiger partial charge >= 0.3 is 0 Å². The number of hydrogen-bond acceptors (Lipinski definition) is 6. The molecule has 132 valence electrons. The maximum Gasteiger partial charge on any atom is 0.226 e. The first-order valence-electron chi connectivity index (χ1n) is 9.13. The first kappa shape index (κ1) is 16.7. The lowest BCUT2D eigenvalue weighted by Crippen LogP contribution is -2.47. The average Bonchev–Trinajstić information content (AvgIpc) is 3.16. The predicted octanol–water partition coefficient (Wildman–Crippen LogP) is 2.34. The second kappa shape index (κ2) is 7.62. The smallest absolute Gasteiger partial charge is 0.226 e. The van der Waals surface area contributed by atoms with E-state index in [1.54, 1.807) is 0 Å². The van der Waals surface area contributed by atoms with Crippen molar-refractivity contribution >= 4 is 23.4 Å². The Balaban J connectivity index is 1.49. The van der Waals surface area contributed by atoms with Crippen LogP contribution >= 0.6 is 11.8 Å². The van der Waals surface area contributed by atoms with Crippen LogP contribution in [0.15, 0.2) is 35.4 Å². The lowest BCUT2D eigenvalue weighted by Gasteiger charge is -2.36. The molecule has 1 fully saturated rings. The lowest BCUT2D eigenvalue weighted by molar-refractivity contribution is 0.632. The maximum atomic E-state index is 5.71. The van der Waals surface area contributed by atoms with E-state index < -0.39 is 0 Å². The molecule has 5 nitrogen and oxygen atoms in total. The Bertz CT molecular complexity index is 713. The van der Waals surface area contributed by atoms with Crippen molar-refractivity contribution in [2.75, 3.05) is 48.3 Å². The molecule has 0 unspecified atom stereocenters. The molecule has 4 rings (SSSR count). The van der Waals surface area contributed by atoms with Gasteiger partial charge in [0, 0.05) is 43.2 Å². The van der Waals surface area contributed by atoms with Gasteiger partial charge in [0.25, 0.3) is 0 Å². The number of nitrogens with zero attached hydrogens (tertiary/aromatic N) is 4. The summed E-state index contributed by atoms with van der Waals surface area (Å²) in [5.41, 5.74) is 9.60. The van der Waals surface area contributed by atoms with Crippen LogP contribution in [0.1, 0.15) is 17.7 Å². The molecule has 1 aromatic heterocycles. The largest absolute Gasteiger partial charge is 0.368 e. The summed E-state index contributed by atoms with van der Waals surface area (Å²) >= 11 is 1.87. The number of nitrogens with two attached hydrogens (primary N) is 1. The summed E-state index contributed by atoms with van der Waals surface area (Å²) in [6.45, 7) is 4.67. The highest BCUT2D eigenvalue weighted by Crippen LogP contribution is 2.33. The van der Waals surface area contributed by atoms with Crippen molar-refractivity contribution in [2.45, 2.75) is 24.3 Å². The SMILES string of the molecule is NCCCc1nc(N2CCN(c3ccccc3)CC2)nc2c1CCS2. The molecular weight excluding hydrogens is 330 g/mol. The molecular formula is C19H25N5S. The molecule has 1 saturated heterocycles. The van der Waals surface area contributed by atoms with E-state index in [4.69, 9.17) is 15.7 Å². The van der Waals surface area contributed by atoms with Crippen LogP contribution in [0.25, 0.3) is 0 Å². The van der Waals surface area contributed by atoms with Gasteiger partial charge in [-0.15, -0.1) is 11.8 Å². The number of aryl methyl sites for hydroxylation is 1. The molecule has 0 spiro atoms. The van der Waals surface area contributed by atoms with E-state index in [9.17, 15) is 0 Å². The van der Waals surface area contributed by atoms with Gasteiger partial charge in [-0.25, -0.2) is 9.97 Å². The molecule has 1 aromatic carbocycles. The molecule has 2 aliphatic rings. The zero-order valence-corrected chi connectivity index (χ0v) is 15.3. The van der Waals surface area contributed by atoms with Crippen molar-refractivity contribution in [2.24, 2.45) is 5.73 Å². The molecule has 25 heavy (non-hydrogen) atoms. The van der Waals surface area contributed by atoms with E-state index in [0.29, 0.717) is 0 Å². The number of thioether (sulfide) groups is 1. The van der Waals surface area contributed by atoms with Crippen LogP contribution in [0.4, 0.5) is 11.6 Å². The number of hydrogen-bond donors (Lipinski definition) is 1. The van der Waals surface area contributed by atoms with Gasteiger partial charge in [0.05, 0.1) is 5.69 Å². The molecule has 0 radical (unpaired) electrons. The van der Waals surface area contributed by atoms with Crippen molar-refractivity contribution in [1.29, 1.82) is 0 Å². The fourth-order valence-electron chi connectivity index (χ4n) is 3.54.